The first-order valence-electron chi connectivity index (χ1n) is 6.20. The summed E-state index contributed by atoms with van der Waals surface area (Å²) in [5.41, 5.74) is 1.60. The third-order valence-corrected chi connectivity index (χ3v) is 4.13. The minimum absolute atomic E-state index is 0.103. The van der Waals surface area contributed by atoms with Crippen molar-refractivity contribution < 1.29 is 4.39 Å². The van der Waals surface area contributed by atoms with E-state index in [4.69, 9.17) is 11.6 Å². The summed E-state index contributed by atoms with van der Waals surface area (Å²) in [6, 6.07) is 5.01. The van der Waals surface area contributed by atoms with Gasteiger partial charge in [0.25, 0.3) is 0 Å². The highest BCUT2D eigenvalue weighted by Gasteiger charge is 2.18. The van der Waals surface area contributed by atoms with Crippen LogP contribution in [-0.4, -0.2) is 11.5 Å². The van der Waals surface area contributed by atoms with E-state index in [-0.39, 0.29) is 16.9 Å². The van der Waals surface area contributed by atoms with Crippen molar-refractivity contribution in [1.82, 2.24) is 10.3 Å². The Morgan fingerprint density at radius 3 is 2.89 bits per heavy atom. The van der Waals surface area contributed by atoms with E-state index in [1.54, 1.807) is 29.5 Å². The smallest absolute Gasteiger partial charge is 0.146 e. The van der Waals surface area contributed by atoms with Gasteiger partial charge in [0.15, 0.2) is 0 Å². The lowest BCUT2D eigenvalue weighted by Crippen LogP contribution is -2.24. The molecule has 1 unspecified atom stereocenters. The molecule has 2 nitrogen and oxygen atoms in total. The van der Waals surface area contributed by atoms with Crippen molar-refractivity contribution in [3.63, 3.8) is 0 Å². The van der Waals surface area contributed by atoms with Crippen LogP contribution in [0.1, 0.15) is 29.2 Å². The summed E-state index contributed by atoms with van der Waals surface area (Å²) in [6.45, 7) is 4.73. The van der Waals surface area contributed by atoms with Gasteiger partial charge in [-0.2, -0.15) is 0 Å². The topological polar surface area (TPSA) is 24.9 Å². The lowest BCUT2D eigenvalue weighted by atomic mass is 10.0. The van der Waals surface area contributed by atoms with Gasteiger partial charge in [0, 0.05) is 29.1 Å². The summed E-state index contributed by atoms with van der Waals surface area (Å²) in [5, 5.41) is 6.46. The predicted molar refractivity (Wildman–Crippen MR) is 78.4 cm³/mol. The van der Waals surface area contributed by atoms with Crippen LogP contribution in [0.4, 0.5) is 4.39 Å². The summed E-state index contributed by atoms with van der Waals surface area (Å²) in [6.07, 6.45) is 0.670. The van der Waals surface area contributed by atoms with Crippen LogP contribution in [-0.2, 0) is 6.42 Å². The molecule has 1 N–H and O–H groups in total. The Labute approximate surface area is 121 Å². The lowest BCUT2D eigenvalue weighted by Gasteiger charge is -2.18. The number of hydrogen-bond donors (Lipinski definition) is 1. The Morgan fingerprint density at radius 1 is 1.47 bits per heavy atom. The van der Waals surface area contributed by atoms with Crippen LogP contribution in [0.5, 0.6) is 0 Å². The van der Waals surface area contributed by atoms with E-state index in [0.717, 1.165) is 17.2 Å². The third-order valence-electron chi connectivity index (χ3n) is 2.85. The fourth-order valence-electron chi connectivity index (χ4n) is 2.00. The molecule has 1 heterocycles. The van der Waals surface area contributed by atoms with Gasteiger partial charge >= 0.3 is 0 Å². The molecule has 0 saturated carbocycles. The van der Waals surface area contributed by atoms with Gasteiger partial charge in [-0.25, -0.2) is 9.37 Å². The monoisotopic (exact) mass is 298 g/mol. The highest BCUT2D eigenvalue weighted by Crippen LogP contribution is 2.26. The van der Waals surface area contributed by atoms with Crippen LogP contribution in [0.15, 0.2) is 23.6 Å². The van der Waals surface area contributed by atoms with Gasteiger partial charge < -0.3 is 5.32 Å². The van der Waals surface area contributed by atoms with Crippen molar-refractivity contribution in [1.29, 1.82) is 0 Å². The number of aryl methyl sites for hydroxylation is 1. The molecule has 0 amide bonds. The molecule has 0 saturated heterocycles. The summed E-state index contributed by atoms with van der Waals surface area (Å²) in [5.74, 6) is -0.344. The van der Waals surface area contributed by atoms with Crippen molar-refractivity contribution in [3.05, 3.63) is 50.7 Å². The molecule has 2 aromatic rings. The predicted octanol–water partition coefficient (Wildman–Crippen LogP) is 4.14. The van der Waals surface area contributed by atoms with Crippen molar-refractivity contribution in [2.24, 2.45) is 0 Å². The second kappa shape index (κ2) is 6.46. The minimum atomic E-state index is -0.344. The first kappa shape index (κ1) is 14.4. The molecule has 0 spiro atoms. The number of benzene rings is 1. The van der Waals surface area contributed by atoms with Crippen LogP contribution in [0.3, 0.4) is 0 Å². The Morgan fingerprint density at radius 2 is 2.26 bits per heavy atom. The molecular formula is C14H16ClFN2S. The maximum atomic E-state index is 14.1. The van der Waals surface area contributed by atoms with E-state index < -0.39 is 0 Å². The van der Waals surface area contributed by atoms with E-state index >= 15 is 0 Å². The number of likely N-dealkylation sites (N-methyl/N-ethyl adjacent to an activating group) is 1. The largest absolute Gasteiger partial charge is 0.310 e. The summed E-state index contributed by atoms with van der Waals surface area (Å²) >= 11 is 7.45. The van der Waals surface area contributed by atoms with Gasteiger partial charge in [0.1, 0.15) is 5.82 Å². The van der Waals surface area contributed by atoms with Gasteiger partial charge in [0.05, 0.1) is 10.0 Å². The van der Waals surface area contributed by atoms with E-state index in [1.807, 2.05) is 19.2 Å². The third kappa shape index (κ3) is 3.53. The molecule has 0 radical (unpaired) electrons. The number of hydrogen-bond acceptors (Lipinski definition) is 3. The molecule has 5 heteroatoms. The summed E-state index contributed by atoms with van der Waals surface area (Å²) in [4.78, 5) is 4.43. The molecule has 1 aromatic carbocycles. The fourth-order valence-corrected chi connectivity index (χ4v) is 3.00. The minimum Gasteiger partial charge on any atom is -0.310 e. The Bertz CT molecular complexity index is 556. The molecule has 19 heavy (non-hydrogen) atoms. The zero-order chi connectivity index (χ0) is 13.8. The van der Waals surface area contributed by atoms with Gasteiger partial charge in [-0.1, -0.05) is 30.7 Å². The van der Waals surface area contributed by atoms with Crippen LogP contribution >= 0.6 is 22.9 Å². The maximum Gasteiger partial charge on any atom is 0.146 e. The molecular weight excluding hydrogens is 283 g/mol. The highest BCUT2D eigenvalue weighted by molar-refractivity contribution is 7.09. The van der Waals surface area contributed by atoms with Crippen molar-refractivity contribution >= 4 is 22.9 Å². The van der Waals surface area contributed by atoms with Gasteiger partial charge in [0.2, 0.25) is 0 Å². The quantitative estimate of drug-likeness (QED) is 0.897. The normalized spacial score (nSPS) is 12.6. The molecule has 1 atom stereocenters. The lowest BCUT2D eigenvalue weighted by molar-refractivity contribution is 0.509. The highest BCUT2D eigenvalue weighted by atomic mass is 35.5. The molecule has 0 bridgehead atoms. The van der Waals surface area contributed by atoms with E-state index in [1.165, 1.54) is 0 Å². The summed E-state index contributed by atoms with van der Waals surface area (Å²) < 4.78 is 14.1. The van der Waals surface area contributed by atoms with Gasteiger partial charge in [-0.3, -0.25) is 0 Å². The number of nitrogens with zero attached hydrogens (tertiary/aromatic N) is 1. The van der Waals surface area contributed by atoms with Crippen LogP contribution in [0.25, 0.3) is 0 Å². The van der Waals surface area contributed by atoms with Crippen LogP contribution < -0.4 is 5.32 Å². The number of halogens is 2. The zero-order valence-corrected chi connectivity index (χ0v) is 12.5. The molecule has 0 aliphatic carbocycles. The average Bonchev–Trinajstić information content (AvgIpc) is 2.78. The van der Waals surface area contributed by atoms with E-state index in [9.17, 15) is 4.39 Å². The molecule has 2 rings (SSSR count). The average molecular weight is 299 g/mol. The first-order valence-corrected chi connectivity index (χ1v) is 7.46. The molecule has 0 aliphatic heterocycles. The Kier molecular flexibility index (Phi) is 4.91. The Hall–Kier alpha value is -0.970. The number of nitrogens with one attached hydrogen (secondary N) is 1. The molecule has 0 fully saturated rings. The van der Waals surface area contributed by atoms with Crippen molar-refractivity contribution in [2.45, 2.75) is 26.3 Å². The molecule has 0 aliphatic rings. The second-order valence-electron chi connectivity index (χ2n) is 4.34. The van der Waals surface area contributed by atoms with Crippen LogP contribution in [0, 0.1) is 12.7 Å². The first-order chi connectivity index (χ1) is 9.11. The van der Waals surface area contributed by atoms with Crippen molar-refractivity contribution in [2.75, 3.05) is 6.54 Å². The van der Waals surface area contributed by atoms with Crippen molar-refractivity contribution in [3.8, 4) is 0 Å². The molecule has 102 valence electrons. The zero-order valence-electron chi connectivity index (χ0n) is 10.9. The fraction of sp³-hybridized carbons (Fsp3) is 0.357. The van der Waals surface area contributed by atoms with E-state index in [2.05, 4.69) is 10.3 Å². The standard InChI is InChI=1S/C14H16ClFN2S/c1-3-17-12(7-13-18-9(2)8-19-13)10-5-4-6-11(15)14(10)16/h4-6,8,12,17H,3,7H2,1-2H3. The number of aromatic nitrogens is 1. The second-order valence-corrected chi connectivity index (χ2v) is 5.69. The SMILES string of the molecule is CCNC(Cc1nc(C)cs1)c1cccc(Cl)c1F. The van der Waals surface area contributed by atoms with Gasteiger partial charge in [-0.05, 0) is 19.5 Å². The van der Waals surface area contributed by atoms with E-state index in [0.29, 0.717) is 12.0 Å². The number of rotatable bonds is 5. The van der Waals surface area contributed by atoms with Gasteiger partial charge in [-0.15, -0.1) is 11.3 Å². The summed E-state index contributed by atoms with van der Waals surface area (Å²) in [7, 11) is 0. The molecule has 1 aromatic heterocycles. The number of thiazole rings is 1. The maximum absolute atomic E-state index is 14.1. The van der Waals surface area contributed by atoms with Crippen LogP contribution in [0.2, 0.25) is 5.02 Å². The Balaban J connectivity index is 2.26.